The first-order valence-electron chi connectivity index (χ1n) is 27.8. The van der Waals surface area contributed by atoms with Crippen LogP contribution in [0.25, 0.3) is 22.5 Å². The summed E-state index contributed by atoms with van der Waals surface area (Å²) < 4.78 is 0. The van der Waals surface area contributed by atoms with Gasteiger partial charge in [0.05, 0.1) is 16.3 Å². The van der Waals surface area contributed by atoms with E-state index in [9.17, 15) is 19.2 Å². The Morgan fingerprint density at radius 1 is 0.556 bits per heavy atom. The summed E-state index contributed by atoms with van der Waals surface area (Å²) in [4.78, 5) is 74.4. The number of amides is 4. The summed E-state index contributed by atoms with van der Waals surface area (Å²) in [7, 11) is 0. The number of aromatic nitrogens is 4. The zero-order chi connectivity index (χ0) is 57.5. The van der Waals surface area contributed by atoms with Crippen molar-refractivity contribution in [1.82, 2.24) is 30.6 Å². The lowest BCUT2D eigenvalue weighted by Crippen LogP contribution is -2.47. The van der Waals surface area contributed by atoms with Crippen molar-refractivity contribution in [1.29, 1.82) is 0 Å². The van der Waals surface area contributed by atoms with Crippen molar-refractivity contribution < 1.29 is 19.2 Å². The lowest BCUT2D eigenvalue weighted by atomic mass is 9.86. The molecule has 9 rings (SSSR count). The SMILES string of the molecule is CCC(C)(CCCC(C)(C)NC(=O)c1ccc(Nc2nccc(-c3cccc(NC(=O)c4cc5c(s4)CCCC5)c3C)n2)cc1)NC(=O)c1ccc(Nc2nccc(-c3cccc(NC(=O)c4ccc(C(C)(C)C)cc4)c3C)n2)cc1. The second-order valence-corrected chi connectivity index (χ2v) is 24.1. The summed E-state index contributed by atoms with van der Waals surface area (Å²) in [6.45, 7) is 18.5. The molecule has 0 spiro atoms. The van der Waals surface area contributed by atoms with Gasteiger partial charge >= 0.3 is 0 Å². The number of aryl methyl sites for hydroxylation is 2. The van der Waals surface area contributed by atoms with Crippen molar-refractivity contribution >= 4 is 69.6 Å². The molecular weight excluding hydrogens is 1030 g/mol. The van der Waals surface area contributed by atoms with Gasteiger partial charge in [-0.15, -0.1) is 11.3 Å². The zero-order valence-corrected chi connectivity index (χ0v) is 48.6. The maximum atomic E-state index is 13.7. The van der Waals surface area contributed by atoms with Crippen LogP contribution in [0.1, 0.15) is 155 Å². The molecule has 81 heavy (non-hydrogen) atoms. The summed E-state index contributed by atoms with van der Waals surface area (Å²) >= 11 is 1.60. The molecule has 4 amide bonds. The van der Waals surface area contributed by atoms with Gasteiger partial charge in [-0.25, -0.2) is 19.9 Å². The first-order valence-corrected chi connectivity index (χ1v) is 28.6. The number of nitrogens with one attached hydrogen (secondary N) is 6. The minimum atomic E-state index is -0.519. The molecule has 15 heteroatoms. The molecule has 416 valence electrons. The highest BCUT2D eigenvalue weighted by Crippen LogP contribution is 2.34. The van der Waals surface area contributed by atoms with E-state index in [1.807, 2.05) is 125 Å². The molecule has 0 radical (unpaired) electrons. The Bertz CT molecular complexity index is 3560. The number of carbonyl (C=O) groups excluding carboxylic acids is 4. The van der Waals surface area contributed by atoms with E-state index in [1.165, 1.54) is 23.3 Å². The summed E-state index contributed by atoms with van der Waals surface area (Å²) in [5, 5.41) is 19.2. The lowest BCUT2D eigenvalue weighted by Gasteiger charge is -2.32. The Balaban J connectivity index is 0.736. The largest absolute Gasteiger partial charge is 0.347 e. The predicted octanol–water partition coefficient (Wildman–Crippen LogP) is 14.7. The number of nitrogens with zero attached hydrogens (tertiary/aromatic N) is 4. The average Bonchev–Trinajstić information content (AvgIpc) is 4.07. The summed E-state index contributed by atoms with van der Waals surface area (Å²) in [6, 6.07) is 39.4. The highest BCUT2D eigenvalue weighted by atomic mass is 32.1. The molecule has 1 aliphatic rings. The van der Waals surface area contributed by atoms with Gasteiger partial charge in [-0.2, -0.15) is 0 Å². The number of hydrogen-bond donors (Lipinski definition) is 6. The smallest absolute Gasteiger partial charge is 0.265 e. The molecule has 0 saturated carbocycles. The number of benzene rings is 5. The Kier molecular flexibility index (Phi) is 17.2. The maximum Gasteiger partial charge on any atom is 0.265 e. The van der Waals surface area contributed by atoms with Gasteiger partial charge in [0.1, 0.15) is 0 Å². The van der Waals surface area contributed by atoms with Crippen molar-refractivity contribution in [2.75, 3.05) is 21.3 Å². The summed E-state index contributed by atoms with van der Waals surface area (Å²) in [6.07, 6.45) is 10.7. The summed E-state index contributed by atoms with van der Waals surface area (Å²) in [5.74, 6) is 0.153. The third kappa shape index (κ3) is 14.3. The van der Waals surface area contributed by atoms with E-state index in [0.717, 1.165) is 75.4 Å². The quantitative estimate of drug-likeness (QED) is 0.0454. The Morgan fingerprint density at radius 2 is 1.05 bits per heavy atom. The molecular formula is C66H72N10O4S. The standard InChI is InChI=1S/C66H72N10O4S/c1-10-66(9,76-60(79)45-26-32-49(33-27-45)70-63-67-38-34-54(73-63)50-17-13-19-52(41(50)2)71-58(77)43-22-28-47(29-23-43)64(4,5)6)37-15-36-65(7,8)75-59(78)44-24-30-48(31-25-44)69-62-68-39-35-55(74-62)51-18-14-20-53(42(51)3)72-61(80)57-40-46-16-11-12-21-56(46)81-57/h13-14,17-20,22-35,38-40H,10-12,15-16,21,36-37H2,1-9H3,(H,71,77)(H,72,80)(H,75,78)(H,76,79)(H,67,70,73)(H,68,69,74). The van der Waals surface area contributed by atoms with Crippen LogP contribution in [-0.2, 0) is 18.3 Å². The van der Waals surface area contributed by atoms with Crippen molar-refractivity contribution in [3.8, 4) is 22.5 Å². The molecule has 1 unspecified atom stereocenters. The maximum absolute atomic E-state index is 13.7. The van der Waals surface area contributed by atoms with E-state index in [4.69, 9.17) is 9.97 Å². The molecule has 0 fully saturated rings. The topological polar surface area (TPSA) is 192 Å². The Morgan fingerprint density at radius 3 is 1.57 bits per heavy atom. The van der Waals surface area contributed by atoms with Crippen LogP contribution >= 0.6 is 11.3 Å². The van der Waals surface area contributed by atoms with E-state index in [-0.39, 0.29) is 29.0 Å². The second kappa shape index (κ2) is 24.4. The Labute approximate surface area is 479 Å². The number of fused-ring (bicyclic) bond motifs is 1. The van der Waals surface area contributed by atoms with Crippen molar-refractivity contribution in [2.45, 2.75) is 130 Å². The molecule has 3 heterocycles. The van der Waals surface area contributed by atoms with Crippen LogP contribution in [0.5, 0.6) is 0 Å². The van der Waals surface area contributed by atoms with E-state index in [1.54, 1.807) is 48.0 Å². The van der Waals surface area contributed by atoms with Gasteiger partial charge in [0, 0.05) is 78.9 Å². The number of rotatable bonds is 19. The van der Waals surface area contributed by atoms with Crippen LogP contribution in [0, 0.1) is 13.8 Å². The fourth-order valence-electron chi connectivity index (χ4n) is 10.0. The van der Waals surface area contributed by atoms with E-state index < -0.39 is 11.1 Å². The van der Waals surface area contributed by atoms with Gasteiger partial charge in [-0.1, -0.05) is 64.1 Å². The molecule has 6 N–H and O–H groups in total. The van der Waals surface area contributed by atoms with Crippen molar-refractivity contribution in [3.05, 3.63) is 188 Å². The van der Waals surface area contributed by atoms with Gasteiger partial charge in [-0.3, -0.25) is 19.2 Å². The predicted molar refractivity (Wildman–Crippen MR) is 327 cm³/mol. The molecule has 8 aromatic rings. The molecule has 14 nitrogen and oxygen atoms in total. The molecule has 3 aromatic heterocycles. The van der Waals surface area contributed by atoms with E-state index >= 15 is 0 Å². The normalized spacial score (nSPS) is 13.0. The number of carbonyl (C=O) groups is 4. The number of hydrogen-bond acceptors (Lipinski definition) is 11. The van der Waals surface area contributed by atoms with Crippen molar-refractivity contribution in [2.24, 2.45) is 0 Å². The van der Waals surface area contributed by atoms with Crippen molar-refractivity contribution in [3.63, 3.8) is 0 Å². The van der Waals surface area contributed by atoms with Gasteiger partial charge in [0.2, 0.25) is 11.9 Å². The highest BCUT2D eigenvalue weighted by Gasteiger charge is 2.28. The van der Waals surface area contributed by atoms with Crippen LogP contribution in [0.15, 0.2) is 140 Å². The van der Waals surface area contributed by atoms with Gasteiger partial charge in [-0.05, 0) is 205 Å². The van der Waals surface area contributed by atoms with E-state index in [0.29, 0.717) is 58.5 Å². The summed E-state index contributed by atoms with van der Waals surface area (Å²) in [5.41, 5.74) is 10.9. The molecule has 1 aliphatic carbocycles. The van der Waals surface area contributed by atoms with Gasteiger partial charge < -0.3 is 31.9 Å². The highest BCUT2D eigenvalue weighted by molar-refractivity contribution is 7.14. The molecule has 5 aromatic carbocycles. The molecule has 1 atom stereocenters. The fraction of sp³-hybridized carbons (Fsp3) is 0.303. The minimum Gasteiger partial charge on any atom is -0.347 e. The van der Waals surface area contributed by atoms with E-state index in [2.05, 4.69) is 82.6 Å². The van der Waals surface area contributed by atoms with Crippen LogP contribution in [0.3, 0.4) is 0 Å². The fourth-order valence-corrected chi connectivity index (χ4v) is 11.2. The van der Waals surface area contributed by atoms with Crippen LogP contribution in [0.2, 0.25) is 0 Å². The van der Waals surface area contributed by atoms with Crippen LogP contribution in [0.4, 0.5) is 34.6 Å². The molecule has 0 aliphatic heterocycles. The number of thiophene rings is 1. The van der Waals surface area contributed by atoms with Crippen LogP contribution in [-0.4, -0.2) is 54.6 Å². The first-order chi connectivity index (χ1) is 38.7. The Hall–Kier alpha value is -8.56. The molecule has 0 bridgehead atoms. The monoisotopic (exact) mass is 1100 g/mol. The zero-order valence-electron chi connectivity index (χ0n) is 47.8. The average molecular weight is 1100 g/mol. The second-order valence-electron chi connectivity index (χ2n) is 23.0. The molecule has 0 saturated heterocycles. The third-order valence-electron chi connectivity index (χ3n) is 15.2. The van der Waals surface area contributed by atoms with Gasteiger partial charge in [0.25, 0.3) is 23.6 Å². The minimum absolute atomic E-state index is 0.00723. The third-order valence-corrected chi connectivity index (χ3v) is 16.5. The first kappa shape index (κ1) is 57.1. The number of anilines is 6. The lowest BCUT2D eigenvalue weighted by molar-refractivity contribution is 0.0893. The van der Waals surface area contributed by atoms with Gasteiger partial charge in [0.15, 0.2) is 0 Å². The van der Waals surface area contributed by atoms with Crippen LogP contribution < -0.4 is 31.9 Å².